The third-order valence-corrected chi connectivity index (χ3v) is 6.87. The van der Waals surface area contributed by atoms with Gasteiger partial charge in [-0.25, -0.2) is 5.01 Å². The van der Waals surface area contributed by atoms with Gasteiger partial charge in [0.05, 0.1) is 18.0 Å². The van der Waals surface area contributed by atoms with Crippen molar-refractivity contribution in [1.82, 2.24) is 19.8 Å². The van der Waals surface area contributed by atoms with E-state index in [0.29, 0.717) is 48.9 Å². The number of halogens is 1. The van der Waals surface area contributed by atoms with Gasteiger partial charge in [-0.3, -0.25) is 19.5 Å². The number of benzene rings is 1. The molecule has 0 unspecified atom stereocenters. The summed E-state index contributed by atoms with van der Waals surface area (Å²) >= 11 is 6.05. The third-order valence-electron chi connectivity index (χ3n) is 6.62. The predicted octanol–water partition coefficient (Wildman–Crippen LogP) is 3.85. The Morgan fingerprint density at radius 1 is 1.03 bits per heavy atom. The second-order valence-corrected chi connectivity index (χ2v) is 9.15. The fourth-order valence-corrected chi connectivity index (χ4v) is 4.70. The van der Waals surface area contributed by atoms with E-state index < -0.39 is 0 Å². The second kappa shape index (κ2) is 10.0. The number of amides is 2. The van der Waals surface area contributed by atoms with E-state index in [9.17, 15) is 9.59 Å². The highest BCUT2D eigenvalue weighted by atomic mass is 35.5. The van der Waals surface area contributed by atoms with Gasteiger partial charge >= 0.3 is 0 Å². The number of hydrogen-bond acceptors (Lipinski definition) is 6. The number of pyridine rings is 1. The maximum Gasteiger partial charge on any atom is 0.260 e. The standard InChI is InChI=1S/C26H26ClN5O3/c1-18(30-12-14-31(15-13-30)26(34)20-8-10-28-11-9-20)25(33)32-23(24-3-2-16-35-24)17-22(29-32)19-4-6-21(27)7-5-19/h2-11,16,18,23H,12-15,17H2,1H3/t18-,23+/m1/s1. The molecule has 2 aromatic heterocycles. The number of carbonyl (C=O) groups is 2. The molecule has 0 saturated carbocycles. The summed E-state index contributed by atoms with van der Waals surface area (Å²) in [6.07, 6.45) is 5.41. The second-order valence-electron chi connectivity index (χ2n) is 8.71. The summed E-state index contributed by atoms with van der Waals surface area (Å²) in [6, 6.07) is 13.9. The van der Waals surface area contributed by atoms with Crippen molar-refractivity contribution in [2.24, 2.45) is 5.10 Å². The molecule has 8 nitrogen and oxygen atoms in total. The summed E-state index contributed by atoms with van der Waals surface area (Å²) in [5.74, 6) is 0.593. The van der Waals surface area contributed by atoms with Gasteiger partial charge < -0.3 is 9.32 Å². The predicted molar refractivity (Wildman–Crippen MR) is 132 cm³/mol. The minimum atomic E-state index is -0.390. The van der Waals surface area contributed by atoms with Crippen LogP contribution in [0.3, 0.4) is 0 Å². The first-order valence-electron chi connectivity index (χ1n) is 11.6. The van der Waals surface area contributed by atoms with Crippen molar-refractivity contribution in [3.8, 4) is 0 Å². The summed E-state index contributed by atoms with van der Waals surface area (Å²) in [7, 11) is 0. The van der Waals surface area contributed by atoms with Crippen LogP contribution in [0.25, 0.3) is 0 Å². The topological polar surface area (TPSA) is 82.3 Å². The average molecular weight is 492 g/mol. The number of rotatable bonds is 5. The van der Waals surface area contributed by atoms with Gasteiger partial charge in [0.15, 0.2) is 0 Å². The Balaban J connectivity index is 1.29. The van der Waals surface area contributed by atoms with Crippen molar-refractivity contribution in [3.63, 3.8) is 0 Å². The molecule has 3 aromatic rings. The lowest BCUT2D eigenvalue weighted by molar-refractivity contribution is -0.139. The first-order chi connectivity index (χ1) is 17.0. The molecule has 2 amide bonds. The largest absolute Gasteiger partial charge is 0.467 e. The molecule has 2 atom stereocenters. The molecular formula is C26H26ClN5O3. The number of piperazine rings is 1. The summed E-state index contributed by atoms with van der Waals surface area (Å²) in [6.45, 7) is 4.23. The monoisotopic (exact) mass is 491 g/mol. The fraction of sp³-hybridized carbons (Fsp3) is 0.308. The highest BCUT2D eigenvalue weighted by Crippen LogP contribution is 2.34. The molecular weight excluding hydrogens is 466 g/mol. The number of aromatic nitrogens is 1. The Labute approximate surface area is 208 Å². The molecule has 4 heterocycles. The summed E-state index contributed by atoms with van der Waals surface area (Å²) in [5, 5.41) is 6.93. The van der Waals surface area contributed by atoms with Crippen LogP contribution in [0.1, 0.15) is 41.1 Å². The Bertz CT molecular complexity index is 1210. The Kier molecular flexibility index (Phi) is 6.66. The van der Waals surface area contributed by atoms with Crippen molar-refractivity contribution >= 4 is 29.1 Å². The van der Waals surface area contributed by atoms with Gasteiger partial charge in [0.25, 0.3) is 11.8 Å². The SMILES string of the molecule is C[C@H](C(=O)N1N=C(c2ccc(Cl)cc2)C[C@H]1c1ccco1)N1CCN(C(=O)c2ccncc2)CC1. The molecule has 1 aromatic carbocycles. The molecule has 1 fully saturated rings. The highest BCUT2D eigenvalue weighted by molar-refractivity contribution is 6.30. The van der Waals surface area contributed by atoms with Crippen LogP contribution >= 0.6 is 11.6 Å². The van der Waals surface area contributed by atoms with Gasteiger partial charge in [-0.15, -0.1) is 0 Å². The first-order valence-corrected chi connectivity index (χ1v) is 12.0. The first kappa shape index (κ1) is 23.3. The van der Waals surface area contributed by atoms with E-state index in [2.05, 4.69) is 9.88 Å². The maximum absolute atomic E-state index is 13.6. The smallest absolute Gasteiger partial charge is 0.260 e. The molecule has 2 aliphatic rings. The number of hydrogen-bond donors (Lipinski definition) is 0. The van der Waals surface area contributed by atoms with Crippen LogP contribution in [-0.2, 0) is 4.79 Å². The number of furan rings is 1. The fourth-order valence-electron chi connectivity index (χ4n) is 4.57. The number of carbonyl (C=O) groups excluding carboxylic acids is 2. The Morgan fingerprint density at radius 3 is 2.40 bits per heavy atom. The molecule has 0 spiro atoms. The van der Waals surface area contributed by atoms with Gasteiger partial charge in [0.2, 0.25) is 0 Å². The normalized spacial score (nSPS) is 19.5. The molecule has 35 heavy (non-hydrogen) atoms. The van der Waals surface area contributed by atoms with Crippen LogP contribution in [0.4, 0.5) is 0 Å². The molecule has 0 radical (unpaired) electrons. The number of nitrogens with zero attached hydrogens (tertiary/aromatic N) is 5. The number of hydrazone groups is 1. The van der Waals surface area contributed by atoms with E-state index >= 15 is 0 Å². The summed E-state index contributed by atoms with van der Waals surface area (Å²) in [5.41, 5.74) is 2.37. The van der Waals surface area contributed by atoms with E-state index in [-0.39, 0.29) is 23.9 Å². The van der Waals surface area contributed by atoms with Gasteiger partial charge in [-0.05, 0) is 48.9 Å². The van der Waals surface area contributed by atoms with Crippen LogP contribution in [-0.4, -0.2) is 69.5 Å². The van der Waals surface area contributed by atoms with E-state index in [4.69, 9.17) is 21.1 Å². The Hall–Kier alpha value is -3.49. The molecule has 9 heteroatoms. The molecule has 0 N–H and O–H groups in total. The molecule has 5 rings (SSSR count). The zero-order chi connectivity index (χ0) is 24.4. The van der Waals surface area contributed by atoms with Crippen molar-refractivity contribution in [1.29, 1.82) is 0 Å². The van der Waals surface area contributed by atoms with Crippen LogP contribution in [0.15, 0.2) is 76.7 Å². The summed E-state index contributed by atoms with van der Waals surface area (Å²) in [4.78, 5) is 34.3. The molecule has 0 aliphatic carbocycles. The van der Waals surface area contributed by atoms with Crippen molar-refractivity contribution in [2.75, 3.05) is 26.2 Å². The van der Waals surface area contributed by atoms with Gasteiger partial charge in [0.1, 0.15) is 11.8 Å². The van der Waals surface area contributed by atoms with E-state index in [1.54, 1.807) is 35.8 Å². The van der Waals surface area contributed by atoms with Gasteiger partial charge in [-0.1, -0.05) is 23.7 Å². The summed E-state index contributed by atoms with van der Waals surface area (Å²) < 4.78 is 5.66. The van der Waals surface area contributed by atoms with Crippen LogP contribution < -0.4 is 0 Å². The third kappa shape index (κ3) is 4.85. The van der Waals surface area contributed by atoms with E-state index in [1.807, 2.05) is 48.2 Å². The zero-order valence-electron chi connectivity index (χ0n) is 19.4. The van der Waals surface area contributed by atoms with Crippen molar-refractivity contribution in [2.45, 2.75) is 25.4 Å². The van der Waals surface area contributed by atoms with Gasteiger partial charge in [0, 0.05) is 55.6 Å². The van der Waals surface area contributed by atoms with Gasteiger partial charge in [-0.2, -0.15) is 5.10 Å². The quantitative estimate of drug-likeness (QED) is 0.541. The van der Waals surface area contributed by atoms with Crippen LogP contribution in [0, 0.1) is 0 Å². The van der Waals surface area contributed by atoms with Crippen LogP contribution in [0.5, 0.6) is 0 Å². The van der Waals surface area contributed by atoms with E-state index in [1.165, 1.54) is 0 Å². The molecule has 0 bridgehead atoms. The Morgan fingerprint density at radius 2 is 1.74 bits per heavy atom. The average Bonchev–Trinajstić information content (AvgIpc) is 3.59. The zero-order valence-corrected chi connectivity index (χ0v) is 20.1. The minimum absolute atomic E-state index is 0.0133. The minimum Gasteiger partial charge on any atom is -0.467 e. The highest BCUT2D eigenvalue weighted by Gasteiger charge is 2.39. The lowest BCUT2D eigenvalue weighted by Gasteiger charge is -2.38. The van der Waals surface area contributed by atoms with Crippen LogP contribution in [0.2, 0.25) is 5.02 Å². The molecule has 180 valence electrons. The lowest BCUT2D eigenvalue weighted by Crippen LogP contribution is -2.55. The molecule has 1 saturated heterocycles. The van der Waals surface area contributed by atoms with Crippen molar-refractivity contribution in [3.05, 3.63) is 89.1 Å². The maximum atomic E-state index is 13.6. The lowest BCUT2D eigenvalue weighted by atomic mass is 10.0. The van der Waals surface area contributed by atoms with Crippen molar-refractivity contribution < 1.29 is 14.0 Å². The molecule has 2 aliphatic heterocycles. The van der Waals surface area contributed by atoms with E-state index in [0.717, 1.165) is 11.3 Å².